The Morgan fingerprint density at radius 2 is 1.69 bits per heavy atom. The third-order valence-electron chi connectivity index (χ3n) is 5.09. The van der Waals surface area contributed by atoms with Crippen LogP contribution in [0.15, 0.2) is 0 Å². The lowest BCUT2D eigenvalue weighted by Gasteiger charge is -2.29. The second-order valence-corrected chi connectivity index (χ2v) is 8.03. The first-order chi connectivity index (χ1) is 14.8. The van der Waals surface area contributed by atoms with Gasteiger partial charge < -0.3 is 37.2 Å². The molecule has 0 aromatic carbocycles. The normalized spacial score (nSPS) is 18.5. The van der Waals surface area contributed by atoms with Crippen LogP contribution in [0, 0.1) is 5.92 Å². The molecule has 1 aliphatic rings. The van der Waals surface area contributed by atoms with Crippen LogP contribution >= 0.6 is 0 Å². The van der Waals surface area contributed by atoms with Crippen LogP contribution in [-0.4, -0.2) is 81.4 Å². The zero-order chi connectivity index (χ0) is 24.6. The molecule has 1 fully saturated rings. The Bertz CT molecular complexity index is 756. The smallest absolute Gasteiger partial charge is 0.326 e. The van der Waals surface area contributed by atoms with Gasteiger partial charge in [0.05, 0.1) is 12.5 Å². The number of carboxylic acid groups (broad SMARTS) is 2. The molecule has 0 saturated carbocycles. The Labute approximate surface area is 184 Å². The minimum atomic E-state index is -1.38. The summed E-state index contributed by atoms with van der Waals surface area (Å²) >= 11 is 0. The number of nitrogens with two attached hydrogens (primary N) is 2. The molecule has 0 aromatic rings. The SMILES string of the molecule is CC(C)C(NC(=O)C(N)CC(=O)O)C(=O)NC(CCC(N)=O)C(=O)N1CCCC1C(=O)O. The van der Waals surface area contributed by atoms with E-state index in [1.807, 2.05) is 0 Å². The number of primary amides is 1. The lowest BCUT2D eigenvalue weighted by atomic mass is 10.0. The number of nitrogens with one attached hydrogen (secondary N) is 2. The summed E-state index contributed by atoms with van der Waals surface area (Å²) in [5, 5.41) is 23.0. The van der Waals surface area contributed by atoms with Gasteiger partial charge in [0, 0.05) is 13.0 Å². The van der Waals surface area contributed by atoms with Crippen molar-refractivity contribution in [1.82, 2.24) is 15.5 Å². The van der Waals surface area contributed by atoms with Crippen molar-refractivity contribution in [2.24, 2.45) is 17.4 Å². The Kier molecular flexibility index (Phi) is 10.0. The zero-order valence-corrected chi connectivity index (χ0v) is 18.1. The van der Waals surface area contributed by atoms with Crippen LogP contribution in [0.3, 0.4) is 0 Å². The highest BCUT2D eigenvalue weighted by molar-refractivity contribution is 5.95. The van der Waals surface area contributed by atoms with Crippen molar-refractivity contribution in [2.45, 2.75) is 70.1 Å². The van der Waals surface area contributed by atoms with E-state index in [4.69, 9.17) is 16.6 Å². The molecule has 0 aromatic heterocycles. The summed E-state index contributed by atoms with van der Waals surface area (Å²) in [7, 11) is 0. The molecule has 13 heteroatoms. The molecule has 32 heavy (non-hydrogen) atoms. The third kappa shape index (κ3) is 7.80. The molecule has 1 aliphatic heterocycles. The topological polar surface area (TPSA) is 222 Å². The largest absolute Gasteiger partial charge is 0.481 e. The molecule has 0 bridgehead atoms. The van der Waals surface area contributed by atoms with E-state index in [0.717, 1.165) is 4.90 Å². The summed E-state index contributed by atoms with van der Waals surface area (Å²) in [5.41, 5.74) is 10.7. The van der Waals surface area contributed by atoms with Crippen molar-refractivity contribution in [3.63, 3.8) is 0 Å². The molecular weight excluding hydrogens is 426 g/mol. The van der Waals surface area contributed by atoms with E-state index in [1.54, 1.807) is 13.8 Å². The van der Waals surface area contributed by atoms with E-state index < -0.39 is 72.1 Å². The predicted molar refractivity (Wildman–Crippen MR) is 110 cm³/mol. The first kappa shape index (κ1) is 26.8. The second kappa shape index (κ2) is 12.0. The molecule has 8 N–H and O–H groups in total. The van der Waals surface area contributed by atoms with Gasteiger partial charge in [-0.2, -0.15) is 0 Å². The molecule has 1 rings (SSSR count). The van der Waals surface area contributed by atoms with E-state index in [1.165, 1.54) is 0 Å². The van der Waals surface area contributed by atoms with Crippen molar-refractivity contribution >= 4 is 35.6 Å². The van der Waals surface area contributed by atoms with Gasteiger partial charge in [-0.25, -0.2) is 4.79 Å². The Balaban J connectivity index is 2.99. The van der Waals surface area contributed by atoms with Crippen LogP contribution in [0.25, 0.3) is 0 Å². The second-order valence-electron chi connectivity index (χ2n) is 8.03. The molecule has 180 valence electrons. The number of carboxylic acids is 2. The van der Waals surface area contributed by atoms with Gasteiger partial charge in [0.25, 0.3) is 0 Å². The number of carbonyl (C=O) groups is 6. The summed E-state index contributed by atoms with van der Waals surface area (Å²) in [6, 6.07) is -4.80. The molecule has 4 unspecified atom stereocenters. The molecule has 0 spiro atoms. The van der Waals surface area contributed by atoms with Gasteiger partial charge in [-0.3, -0.25) is 24.0 Å². The highest BCUT2D eigenvalue weighted by atomic mass is 16.4. The number of aliphatic carboxylic acids is 2. The third-order valence-corrected chi connectivity index (χ3v) is 5.09. The van der Waals surface area contributed by atoms with E-state index in [2.05, 4.69) is 10.6 Å². The summed E-state index contributed by atoms with van der Waals surface area (Å²) in [6.45, 7) is 3.43. The summed E-state index contributed by atoms with van der Waals surface area (Å²) in [6.07, 6.45) is -0.275. The maximum atomic E-state index is 13.0. The summed E-state index contributed by atoms with van der Waals surface area (Å²) in [4.78, 5) is 72.6. The number of rotatable bonds is 12. The standard InChI is InChI=1S/C19H31N5O8/c1-9(2)15(23-16(28)10(20)8-14(26)27)17(29)22-11(5-6-13(21)25)18(30)24-7-3-4-12(24)19(31)32/h9-12,15H,3-8,20H2,1-2H3,(H2,21,25)(H,22,29)(H,23,28)(H,26,27)(H,31,32). The first-order valence-electron chi connectivity index (χ1n) is 10.2. The minimum absolute atomic E-state index is 0.153. The van der Waals surface area contributed by atoms with Gasteiger partial charge in [-0.05, 0) is 25.2 Å². The van der Waals surface area contributed by atoms with Gasteiger partial charge in [-0.1, -0.05) is 13.8 Å². The van der Waals surface area contributed by atoms with Crippen molar-refractivity contribution in [3.8, 4) is 0 Å². The predicted octanol–water partition coefficient (Wildman–Crippen LogP) is -2.24. The van der Waals surface area contributed by atoms with Gasteiger partial charge in [0.1, 0.15) is 18.1 Å². The number of amides is 4. The van der Waals surface area contributed by atoms with Crippen molar-refractivity contribution in [3.05, 3.63) is 0 Å². The van der Waals surface area contributed by atoms with Crippen LogP contribution in [0.2, 0.25) is 0 Å². The first-order valence-corrected chi connectivity index (χ1v) is 10.2. The lowest BCUT2D eigenvalue weighted by Crippen LogP contribution is -2.58. The van der Waals surface area contributed by atoms with E-state index in [-0.39, 0.29) is 25.8 Å². The molecule has 4 amide bonds. The average molecular weight is 457 g/mol. The Hall–Kier alpha value is -3.22. The number of likely N-dealkylation sites (tertiary alicyclic amines) is 1. The highest BCUT2D eigenvalue weighted by Crippen LogP contribution is 2.20. The molecule has 1 saturated heterocycles. The van der Waals surface area contributed by atoms with E-state index >= 15 is 0 Å². The van der Waals surface area contributed by atoms with Crippen LogP contribution in [0.4, 0.5) is 0 Å². The molecule has 1 heterocycles. The molecule has 4 atom stereocenters. The van der Waals surface area contributed by atoms with Gasteiger partial charge in [0.15, 0.2) is 0 Å². The maximum Gasteiger partial charge on any atom is 0.326 e. The van der Waals surface area contributed by atoms with Crippen LogP contribution in [-0.2, 0) is 28.8 Å². The van der Waals surface area contributed by atoms with Crippen LogP contribution in [0.5, 0.6) is 0 Å². The Morgan fingerprint density at radius 3 is 2.19 bits per heavy atom. The molecule has 0 radical (unpaired) electrons. The van der Waals surface area contributed by atoms with Gasteiger partial charge in [0.2, 0.25) is 23.6 Å². The fourth-order valence-corrected chi connectivity index (χ4v) is 3.37. The summed E-state index contributed by atoms with van der Waals surface area (Å²) < 4.78 is 0. The van der Waals surface area contributed by atoms with Gasteiger partial charge in [-0.15, -0.1) is 0 Å². The minimum Gasteiger partial charge on any atom is -0.481 e. The van der Waals surface area contributed by atoms with Crippen LogP contribution in [0.1, 0.15) is 46.0 Å². The lowest BCUT2D eigenvalue weighted by molar-refractivity contribution is -0.149. The molecule has 0 aliphatic carbocycles. The van der Waals surface area contributed by atoms with Crippen LogP contribution < -0.4 is 22.1 Å². The fraction of sp³-hybridized carbons (Fsp3) is 0.684. The fourth-order valence-electron chi connectivity index (χ4n) is 3.37. The molecular formula is C19H31N5O8. The quantitative estimate of drug-likeness (QED) is 0.186. The Morgan fingerprint density at radius 1 is 1.06 bits per heavy atom. The van der Waals surface area contributed by atoms with Crippen molar-refractivity contribution < 1.29 is 39.0 Å². The number of nitrogens with zero attached hydrogens (tertiary/aromatic N) is 1. The zero-order valence-electron chi connectivity index (χ0n) is 18.1. The van der Waals surface area contributed by atoms with Crippen molar-refractivity contribution in [1.29, 1.82) is 0 Å². The summed E-state index contributed by atoms with van der Waals surface area (Å²) in [5.74, 6) is -5.90. The highest BCUT2D eigenvalue weighted by Gasteiger charge is 2.38. The number of hydrogen-bond donors (Lipinski definition) is 6. The van der Waals surface area contributed by atoms with Crippen molar-refractivity contribution in [2.75, 3.05) is 6.54 Å². The average Bonchev–Trinajstić information content (AvgIpc) is 3.17. The number of carbonyl (C=O) groups excluding carboxylic acids is 4. The maximum absolute atomic E-state index is 13.0. The molecule has 13 nitrogen and oxygen atoms in total. The van der Waals surface area contributed by atoms with Gasteiger partial charge >= 0.3 is 11.9 Å². The monoisotopic (exact) mass is 457 g/mol. The van der Waals surface area contributed by atoms with E-state index in [0.29, 0.717) is 6.42 Å². The number of hydrogen-bond acceptors (Lipinski definition) is 7. The van der Waals surface area contributed by atoms with E-state index in [9.17, 15) is 33.9 Å².